The molecule has 2 N–H and O–H groups in total. The molecule has 2 aliphatic rings. The SMILES string of the molecule is O=C1Nc2c(Cl)cccc2OC1=C1CCNCC1. The Bertz CT molecular complexity index is 532. The van der Waals surface area contributed by atoms with Crippen molar-refractivity contribution in [2.24, 2.45) is 0 Å². The molecule has 1 fully saturated rings. The molecule has 1 saturated heterocycles. The number of halogens is 1. The number of para-hydroxylation sites is 1. The third-order valence-electron chi connectivity index (χ3n) is 3.16. The molecular formula is C13H13ClN2O2. The maximum atomic E-state index is 12.0. The van der Waals surface area contributed by atoms with Crippen molar-refractivity contribution in [3.63, 3.8) is 0 Å². The summed E-state index contributed by atoms with van der Waals surface area (Å²) in [6.45, 7) is 1.77. The molecule has 5 heteroatoms. The van der Waals surface area contributed by atoms with Crippen LogP contribution < -0.4 is 15.4 Å². The van der Waals surface area contributed by atoms with Crippen LogP contribution in [0.3, 0.4) is 0 Å². The number of amides is 1. The summed E-state index contributed by atoms with van der Waals surface area (Å²) in [6, 6.07) is 5.35. The maximum Gasteiger partial charge on any atom is 0.291 e. The fourth-order valence-corrected chi connectivity index (χ4v) is 2.44. The first-order valence-electron chi connectivity index (χ1n) is 5.96. The third-order valence-corrected chi connectivity index (χ3v) is 3.48. The molecule has 18 heavy (non-hydrogen) atoms. The Balaban J connectivity index is 1.99. The van der Waals surface area contributed by atoms with Crippen LogP contribution in [0.4, 0.5) is 5.69 Å². The summed E-state index contributed by atoms with van der Waals surface area (Å²) in [7, 11) is 0. The van der Waals surface area contributed by atoms with E-state index in [1.807, 2.05) is 12.1 Å². The molecule has 0 spiro atoms. The molecule has 1 amide bonds. The van der Waals surface area contributed by atoms with Gasteiger partial charge in [-0.15, -0.1) is 0 Å². The number of hydrogen-bond donors (Lipinski definition) is 2. The number of rotatable bonds is 0. The summed E-state index contributed by atoms with van der Waals surface area (Å²) < 4.78 is 5.72. The van der Waals surface area contributed by atoms with Gasteiger partial charge in [0, 0.05) is 0 Å². The summed E-state index contributed by atoms with van der Waals surface area (Å²) in [4.78, 5) is 12.0. The van der Waals surface area contributed by atoms with E-state index in [0.717, 1.165) is 31.5 Å². The Morgan fingerprint density at radius 1 is 1.22 bits per heavy atom. The number of carbonyl (C=O) groups is 1. The minimum absolute atomic E-state index is 0.201. The van der Waals surface area contributed by atoms with Crippen molar-refractivity contribution < 1.29 is 9.53 Å². The van der Waals surface area contributed by atoms with Gasteiger partial charge in [-0.1, -0.05) is 17.7 Å². The summed E-state index contributed by atoms with van der Waals surface area (Å²) in [5, 5.41) is 6.55. The van der Waals surface area contributed by atoms with E-state index in [0.29, 0.717) is 22.2 Å². The highest BCUT2D eigenvalue weighted by atomic mass is 35.5. The lowest BCUT2D eigenvalue weighted by molar-refractivity contribution is -0.115. The van der Waals surface area contributed by atoms with Gasteiger partial charge in [0.25, 0.3) is 5.91 Å². The zero-order chi connectivity index (χ0) is 12.5. The first-order chi connectivity index (χ1) is 8.75. The molecular weight excluding hydrogens is 252 g/mol. The molecule has 4 nitrogen and oxygen atoms in total. The van der Waals surface area contributed by atoms with E-state index in [9.17, 15) is 4.79 Å². The Kier molecular flexibility index (Phi) is 2.97. The van der Waals surface area contributed by atoms with E-state index in [1.165, 1.54) is 0 Å². The Morgan fingerprint density at radius 2 is 2.00 bits per heavy atom. The van der Waals surface area contributed by atoms with Gasteiger partial charge in [0.15, 0.2) is 11.5 Å². The molecule has 2 heterocycles. The summed E-state index contributed by atoms with van der Waals surface area (Å²) in [5.41, 5.74) is 1.62. The van der Waals surface area contributed by atoms with E-state index in [1.54, 1.807) is 6.07 Å². The van der Waals surface area contributed by atoms with Crippen LogP contribution in [0.1, 0.15) is 12.8 Å². The summed E-state index contributed by atoms with van der Waals surface area (Å²) in [5.74, 6) is 0.849. The molecule has 0 aliphatic carbocycles. The second-order valence-corrected chi connectivity index (χ2v) is 4.76. The van der Waals surface area contributed by atoms with Crippen LogP contribution >= 0.6 is 11.6 Å². The van der Waals surface area contributed by atoms with Crippen LogP contribution in [0.2, 0.25) is 5.02 Å². The van der Waals surface area contributed by atoms with Gasteiger partial charge >= 0.3 is 0 Å². The lowest BCUT2D eigenvalue weighted by atomic mass is 10.0. The van der Waals surface area contributed by atoms with Crippen molar-refractivity contribution in [2.45, 2.75) is 12.8 Å². The number of benzene rings is 1. The van der Waals surface area contributed by atoms with Crippen LogP contribution in [0.5, 0.6) is 5.75 Å². The largest absolute Gasteiger partial charge is 0.449 e. The van der Waals surface area contributed by atoms with Crippen molar-refractivity contribution in [2.75, 3.05) is 18.4 Å². The first-order valence-corrected chi connectivity index (χ1v) is 6.34. The smallest absolute Gasteiger partial charge is 0.291 e. The van der Waals surface area contributed by atoms with Gasteiger partial charge in [0.2, 0.25) is 0 Å². The van der Waals surface area contributed by atoms with Gasteiger partial charge < -0.3 is 15.4 Å². The minimum Gasteiger partial charge on any atom is -0.449 e. The molecule has 0 atom stereocenters. The highest BCUT2D eigenvalue weighted by Crippen LogP contribution is 2.37. The number of anilines is 1. The number of carbonyl (C=O) groups excluding carboxylic acids is 1. The molecule has 2 aliphatic heterocycles. The summed E-state index contributed by atoms with van der Waals surface area (Å²) >= 11 is 6.02. The highest BCUT2D eigenvalue weighted by molar-refractivity contribution is 6.34. The Morgan fingerprint density at radius 3 is 2.78 bits per heavy atom. The van der Waals surface area contributed by atoms with Crippen LogP contribution in [0.15, 0.2) is 29.5 Å². The van der Waals surface area contributed by atoms with E-state index in [-0.39, 0.29) is 5.91 Å². The van der Waals surface area contributed by atoms with Gasteiger partial charge in [0.1, 0.15) is 5.69 Å². The number of piperidine rings is 1. The predicted molar refractivity (Wildman–Crippen MR) is 69.8 cm³/mol. The van der Waals surface area contributed by atoms with Gasteiger partial charge in [-0.2, -0.15) is 0 Å². The molecule has 0 saturated carbocycles. The minimum atomic E-state index is -0.201. The maximum absolute atomic E-state index is 12.0. The van der Waals surface area contributed by atoms with Crippen molar-refractivity contribution in [3.05, 3.63) is 34.6 Å². The fraction of sp³-hybridized carbons (Fsp3) is 0.308. The lowest BCUT2D eigenvalue weighted by Gasteiger charge is -2.25. The fourth-order valence-electron chi connectivity index (χ4n) is 2.23. The van der Waals surface area contributed by atoms with Gasteiger partial charge in [-0.3, -0.25) is 4.79 Å². The van der Waals surface area contributed by atoms with Crippen molar-refractivity contribution in [1.29, 1.82) is 0 Å². The van der Waals surface area contributed by atoms with Crippen LogP contribution in [0, 0.1) is 0 Å². The Labute approximate surface area is 110 Å². The quantitative estimate of drug-likeness (QED) is 0.707. The number of ether oxygens (including phenoxy) is 1. The Hall–Kier alpha value is -1.52. The average Bonchev–Trinajstić information content (AvgIpc) is 2.40. The van der Waals surface area contributed by atoms with E-state index in [2.05, 4.69) is 10.6 Å². The van der Waals surface area contributed by atoms with E-state index in [4.69, 9.17) is 16.3 Å². The number of nitrogens with one attached hydrogen (secondary N) is 2. The van der Waals surface area contributed by atoms with Gasteiger partial charge in [-0.25, -0.2) is 0 Å². The topological polar surface area (TPSA) is 50.4 Å². The van der Waals surface area contributed by atoms with Crippen molar-refractivity contribution >= 4 is 23.2 Å². The van der Waals surface area contributed by atoms with Gasteiger partial charge in [0.05, 0.1) is 5.02 Å². The first kappa shape index (κ1) is 11.6. The molecule has 1 aromatic carbocycles. The molecule has 0 bridgehead atoms. The molecule has 94 valence electrons. The molecule has 0 aromatic heterocycles. The summed E-state index contributed by atoms with van der Waals surface area (Å²) in [6.07, 6.45) is 1.69. The van der Waals surface area contributed by atoms with Gasteiger partial charge in [-0.05, 0) is 43.6 Å². The van der Waals surface area contributed by atoms with Crippen LogP contribution in [-0.4, -0.2) is 19.0 Å². The zero-order valence-electron chi connectivity index (χ0n) is 9.75. The number of fused-ring (bicyclic) bond motifs is 1. The van der Waals surface area contributed by atoms with E-state index < -0.39 is 0 Å². The van der Waals surface area contributed by atoms with Crippen LogP contribution in [-0.2, 0) is 4.79 Å². The number of hydrogen-bond acceptors (Lipinski definition) is 3. The molecule has 0 unspecified atom stereocenters. The lowest BCUT2D eigenvalue weighted by Crippen LogP contribution is -2.30. The molecule has 3 rings (SSSR count). The second kappa shape index (κ2) is 4.63. The molecule has 0 radical (unpaired) electrons. The van der Waals surface area contributed by atoms with Crippen molar-refractivity contribution in [3.8, 4) is 5.75 Å². The third kappa shape index (κ3) is 1.98. The van der Waals surface area contributed by atoms with Crippen molar-refractivity contribution in [1.82, 2.24) is 5.32 Å². The highest BCUT2D eigenvalue weighted by Gasteiger charge is 2.27. The van der Waals surface area contributed by atoms with Crippen LogP contribution in [0.25, 0.3) is 0 Å². The zero-order valence-corrected chi connectivity index (χ0v) is 10.5. The average molecular weight is 265 g/mol. The standard InChI is InChI=1S/C13H13ClN2O2/c14-9-2-1-3-10-11(9)16-13(17)12(18-10)8-4-6-15-7-5-8/h1-3,15H,4-7H2,(H,16,17). The normalized spacial score (nSPS) is 19.1. The second-order valence-electron chi connectivity index (χ2n) is 4.35. The molecule has 1 aromatic rings. The predicted octanol–water partition coefficient (Wildman–Crippen LogP) is 2.31. The van der Waals surface area contributed by atoms with E-state index >= 15 is 0 Å². The monoisotopic (exact) mass is 264 g/mol.